The molecule has 3 heterocycles. The molecule has 1 aliphatic rings. The molecule has 0 amide bonds. The molecule has 1 fully saturated rings. The molecule has 0 aliphatic carbocycles. The van der Waals surface area contributed by atoms with Crippen LogP contribution in [0.25, 0.3) is 10.9 Å². The van der Waals surface area contributed by atoms with Crippen molar-refractivity contribution >= 4 is 34.0 Å². The van der Waals surface area contributed by atoms with Crippen molar-refractivity contribution in [1.29, 1.82) is 0 Å². The molecule has 35 heavy (non-hydrogen) atoms. The predicted molar refractivity (Wildman–Crippen MR) is 133 cm³/mol. The Balaban J connectivity index is 1.40. The average Bonchev–Trinajstić information content (AvgIpc) is 3.26. The Labute approximate surface area is 207 Å². The number of pyridine rings is 1. The Bertz CT molecular complexity index is 1280. The minimum Gasteiger partial charge on any atom is -0.497 e. The number of carboxylic acids is 1. The molecule has 0 radical (unpaired) electrons. The summed E-state index contributed by atoms with van der Waals surface area (Å²) in [4.78, 5) is 31.5. The number of carbonyl (C=O) groups excluding carboxylic acids is 1. The molecular weight excluding hydrogens is 467 g/mol. The maximum atomic E-state index is 13.6. The number of likely N-dealkylation sites (tertiary alicyclic amines) is 1. The van der Waals surface area contributed by atoms with E-state index in [1.807, 2.05) is 18.2 Å². The van der Waals surface area contributed by atoms with E-state index in [1.165, 1.54) is 17.4 Å². The molecule has 1 aromatic carbocycles. The van der Waals surface area contributed by atoms with Gasteiger partial charge in [0.2, 0.25) is 0 Å². The number of methoxy groups -OCH3 is 1. The zero-order valence-corrected chi connectivity index (χ0v) is 20.3. The summed E-state index contributed by atoms with van der Waals surface area (Å²) in [6.07, 6.45) is 3.46. The van der Waals surface area contributed by atoms with Crippen molar-refractivity contribution in [3.8, 4) is 17.6 Å². The lowest BCUT2D eigenvalue weighted by atomic mass is 9.79. The minimum atomic E-state index is -0.841. The summed E-state index contributed by atoms with van der Waals surface area (Å²) < 4.78 is 18.9. The Morgan fingerprint density at radius 3 is 2.89 bits per heavy atom. The molecule has 0 bridgehead atoms. The number of carboxylic acid groups (broad SMARTS) is 1. The molecule has 1 saturated heterocycles. The first kappa shape index (κ1) is 24.8. The first-order valence-corrected chi connectivity index (χ1v) is 12.4. The molecular formula is C27H27FN2O4S. The zero-order chi connectivity index (χ0) is 24.8. The molecule has 2 atom stereocenters. The largest absolute Gasteiger partial charge is 0.497 e. The van der Waals surface area contributed by atoms with Crippen molar-refractivity contribution in [3.63, 3.8) is 0 Å². The van der Waals surface area contributed by atoms with E-state index >= 15 is 0 Å². The normalized spacial score (nSPS) is 18.1. The molecule has 6 nitrogen and oxygen atoms in total. The van der Waals surface area contributed by atoms with Crippen molar-refractivity contribution in [3.05, 3.63) is 58.2 Å². The predicted octanol–water partition coefficient (Wildman–Crippen LogP) is 4.87. The molecule has 0 spiro atoms. The van der Waals surface area contributed by atoms with E-state index in [4.69, 9.17) is 4.74 Å². The maximum Gasteiger partial charge on any atom is 0.303 e. The van der Waals surface area contributed by atoms with E-state index in [0.717, 1.165) is 23.9 Å². The number of hydrogen-bond donors (Lipinski definition) is 1. The molecule has 2 unspecified atom stereocenters. The third kappa shape index (κ3) is 6.24. The summed E-state index contributed by atoms with van der Waals surface area (Å²) in [6.45, 7) is 1.83. The number of aromatic nitrogens is 1. The van der Waals surface area contributed by atoms with E-state index in [-0.39, 0.29) is 29.9 Å². The summed E-state index contributed by atoms with van der Waals surface area (Å²) in [5.41, 5.74) is 1.34. The number of rotatable bonds is 8. The number of aliphatic carboxylic acids is 1. The van der Waals surface area contributed by atoms with Crippen molar-refractivity contribution < 1.29 is 23.8 Å². The highest BCUT2D eigenvalue weighted by atomic mass is 32.1. The highest BCUT2D eigenvalue weighted by molar-refractivity contribution is 7.10. The van der Waals surface area contributed by atoms with E-state index in [9.17, 15) is 19.1 Å². The Kier molecular flexibility index (Phi) is 8.11. The summed E-state index contributed by atoms with van der Waals surface area (Å²) in [5.74, 6) is 5.48. The molecule has 8 heteroatoms. The van der Waals surface area contributed by atoms with Crippen LogP contribution >= 0.6 is 11.3 Å². The number of hydrogen-bond acceptors (Lipinski definition) is 6. The van der Waals surface area contributed by atoms with Crippen molar-refractivity contribution in [2.75, 3.05) is 26.7 Å². The first-order valence-electron chi connectivity index (χ1n) is 11.6. The summed E-state index contributed by atoms with van der Waals surface area (Å²) in [7, 11) is 1.58. The number of nitrogens with zero attached hydrogens (tertiary/aromatic N) is 2. The van der Waals surface area contributed by atoms with E-state index < -0.39 is 5.97 Å². The third-order valence-electron chi connectivity index (χ3n) is 6.53. The molecule has 182 valence electrons. The number of benzene rings is 1. The van der Waals surface area contributed by atoms with E-state index in [2.05, 4.69) is 21.7 Å². The van der Waals surface area contributed by atoms with Crippen LogP contribution < -0.4 is 4.74 Å². The van der Waals surface area contributed by atoms with Gasteiger partial charge in [0.15, 0.2) is 5.78 Å². The monoisotopic (exact) mass is 494 g/mol. The van der Waals surface area contributed by atoms with Gasteiger partial charge in [-0.25, -0.2) is 4.39 Å². The Hall–Kier alpha value is -3.28. The van der Waals surface area contributed by atoms with Crippen molar-refractivity contribution in [2.24, 2.45) is 11.8 Å². The van der Waals surface area contributed by atoms with Crippen LogP contribution in [0.4, 0.5) is 4.39 Å². The van der Waals surface area contributed by atoms with E-state index in [1.54, 1.807) is 24.8 Å². The lowest BCUT2D eigenvalue weighted by Crippen LogP contribution is -2.41. The van der Waals surface area contributed by atoms with Crippen LogP contribution in [-0.2, 0) is 4.79 Å². The zero-order valence-electron chi connectivity index (χ0n) is 19.5. The maximum absolute atomic E-state index is 13.6. The van der Waals surface area contributed by atoms with Gasteiger partial charge in [-0.05, 0) is 66.9 Å². The highest BCUT2D eigenvalue weighted by Crippen LogP contribution is 2.31. The van der Waals surface area contributed by atoms with Gasteiger partial charge in [0.1, 0.15) is 16.4 Å². The van der Waals surface area contributed by atoms with Gasteiger partial charge in [-0.3, -0.25) is 19.5 Å². The van der Waals surface area contributed by atoms with Crippen molar-refractivity contribution in [1.82, 2.24) is 9.88 Å². The number of halogens is 1. The van der Waals surface area contributed by atoms with Gasteiger partial charge in [0, 0.05) is 36.5 Å². The van der Waals surface area contributed by atoms with Crippen LogP contribution in [0.3, 0.4) is 0 Å². The SMILES string of the molecule is COc1ccc2nccc(C(=O)CCC3CCN(CC#Cc4sccc4F)CC3CC(=O)O)c2c1. The number of piperidine rings is 1. The number of ketones is 1. The second-order valence-corrected chi connectivity index (χ2v) is 9.66. The topological polar surface area (TPSA) is 79.7 Å². The van der Waals surface area contributed by atoms with Crippen LogP contribution in [0.15, 0.2) is 41.9 Å². The summed E-state index contributed by atoms with van der Waals surface area (Å²) in [5, 5.41) is 11.9. The van der Waals surface area contributed by atoms with Gasteiger partial charge in [0.05, 0.1) is 19.2 Å². The number of carbonyl (C=O) groups is 2. The molecule has 0 saturated carbocycles. The molecule has 1 N–H and O–H groups in total. The number of thiophene rings is 1. The van der Waals surface area contributed by atoms with Gasteiger partial charge in [-0.1, -0.05) is 11.8 Å². The van der Waals surface area contributed by atoms with Gasteiger partial charge in [-0.15, -0.1) is 11.3 Å². The Morgan fingerprint density at radius 1 is 1.29 bits per heavy atom. The molecule has 2 aromatic heterocycles. The van der Waals surface area contributed by atoms with Crippen molar-refractivity contribution in [2.45, 2.75) is 25.7 Å². The second-order valence-electron chi connectivity index (χ2n) is 8.74. The summed E-state index contributed by atoms with van der Waals surface area (Å²) in [6, 6.07) is 8.60. The van der Waals surface area contributed by atoms with E-state index in [0.29, 0.717) is 42.1 Å². The molecule has 4 rings (SSSR count). The smallest absolute Gasteiger partial charge is 0.303 e. The average molecular weight is 495 g/mol. The number of fused-ring (bicyclic) bond motifs is 1. The fourth-order valence-corrected chi connectivity index (χ4v) is 5.33. The van der Waals surface area contributed by atoms with Gasteiger partial charge in [-0.2, -0.15) is 0 Å². The van der Waals surface area contributed by atoms with Gasteiger partial charge in [0.25, 0.3) is 0 Å². The standard InChI is InChI=1S/C27H27FN2O4S/c1-34-20-5-6-24-22(16-20)21(8-11-29-24)25(31)7-4-18-9-13-30(17-19(18)15-27(32)33)12-2-3-26-23(28)10-14-35-26/h5-6,8,10-11,14,16,18-19H,4,7,9,12-13,15,17H2,1H3,(H,32,33). The lowest BCUT2D eigenvalue weighted by molar-refractivity contribution is -0.139. The number of ether oxygens (including phenoxy) is 1. The van der Waals surface area contributed by atoms with Crippen LogP contribution in [0, 0.1) is 29.5 Å². The fourth-order valence-electron chi connectivity index (χ4n) is 4.70. The van der Waals surface area contributed by atoms with Crippen LogP contribution in [0.2, 0.25) is 0 Å². The Morgan fingerprint density at radius 2 is 2.14 bits per heavy atom. The van der Waals surface area contributed by atoms with Crippen LogP contribution in [-0.4, -0.2) is 53.5 Å². The minimum absolute atomic E-state index is 0.0194. The van der Waals surface area contributed by atoms with Crippen LogP contribution in [0.1, 0.15) is 40.9 Å². The van der Waals surface area contributed by atoms with Crippen LogP contribution in [0.5, 0.6) is 5.75 Å². The molecule has 1 aliphatic heterocycles. The fraction of sp³-hybridized carbons (Fsp3) is 0.370. The second kappa shape index (κ2) is 11.4. The van der Waals surface area contributed by atoms with Gasteiger partial charge < -0.3 is 9.84 Å². The summed E-state index contributed by atoms with van der Waals surface area (Å²) >= 11 is 1.27. The van der Waals surface area contributed by atoms with Gasteiger partial charge >= 0.3 is 5.97 Å². The lowest BCUT2D eigenvalue weighted by Gasteiger charge is -2.37. The third-order valence-corrected chi connectivity index (χ3v) is 7.33. The number of Topliss-reactive ketones (excluding diaryl/α,β-unsaturated/α-hetero) is 1. The quantitative estimate of drug-likeness (QED) is 0.356. The molecule has 3 aromatic rings. The first-order chi connectivity index (χ1) is 16.9. The highest BCUT2D eigenvalue weighted by Gasteiger charge is 2.31.